The van der Waals surface area contributed by atoms with Crippen LogP contribution in [0.5, 0.6) is 5.75 Å². The number of halogens is 8. The molecule has 0 aliphatic carbocycles. The fourth-order valence-corrected chi connectivity index (χ4v) is 2.65. The van der Waals surface area contributed by atoms with Gasteiger partial charge in [0.1, 0.15) is 29.6 Å². The summed E-state index contributed by atoms with van der Waals surface area (Å²) in [7, 11) is 0. The van der Waals surface area contributed by atoms with E-state index in [4.69, 9.17) is 3.56 Å². The highest BCUT2D eigenvalue weighted by Crippen LogP contribution is 2.46. The smallest absolute Gasteiger partial charge is 0.422 e. The van der Waals surface area contributed by atoms with Gasteiger partial charge in [-0.3, -0.25) is 4.98 Å². The normalized spacial score (nSPS) is 14.7. The fraction of sp³-hybridized carbons (Fsp3) is 0.312. The number of alkyl halides is 5. The van der Waals surface area contributed by atoms with E-state index in [-0.39, 0.29) is 6.07 Å². The average Bonchev–Trinajstić information content (AvgIpc) is 2.66. The van der Waals surface area contributed by atoms with E-state index in [2.05, 4.69) is 18.2 Å². The molecule has 1 aromatic heterocycles. The van der Waals surface area contributed by atoms with Crippen molar-refractivity contribution in [1.29, 1.82) is 0 Å². The lowest BCUT2D eigenvalue weighted by Crippen LogP contribution is -2.47. The van der Waals surface area contributed by atoms with Crippen LogP contribution >= 0.6 is 21.3 Å². The van der Waals surface area contributed by atoms with Gasteiger partial charge in [0.05, 0.1) is 6.20 Å². The van der Waals surface area contributed by atoms with Gasteiger partial charge in [-0.2, -0.15) is 30.4 Å². The van der Waals surface area contributed by atoms with Crippen molar-refractivity contribution in [1.82, 2.24) is 4.98 Å². The summed E-state index contributed by atoms with van der Waals surface area (Å²) in [6.07, 6.45) is -4.10. The van der Waals surface area contributed by atoms with Crippen LogP contribution in [0.15, 0.2) is 45.0 Å². The van der Waals surface area contributed by atoms with E-state index in [1.807, 2.05) is 0 Å². The molecule has 6 nitrogen and oxygen atoms in total. The van der Waals surface area contributed by atoms with E-state index < -0.39 is 80.8 Å². The number of hydrogen-bond acceptors (Lipinski definition) is 4. The summed E-state index contributed by atoms with van der Waals surface area (Å²) in [5.74, 6) is -7.43. The zero-order valence-corrected chi connectivity index (χ0v) is 16.7. The van der Waals surface area contributed by atoms with Gasteiger partial charge in [-0.05, 0) is 24.3 Å². The van der Waals surface area contributed by atoms with Gasteiger partial charge in [0.2, 0.25) is 0 Å². The molecule has 0 fully saturated rings. The Hall–Kier alpha value is -2.23. The Balaban J connectivity index is 2.45. The fourth-order valence-electron chi connectivity index (χ4n) is 2.36. The minimum atomic E-state index is -4.66. The van der Waals surface area contributed by atoms with Gasteiger partial charge in [-0.25, -0.2) is 8.78 Å². The summed E-state index contributed by atoms with van der Waals surface area (Å²) in [6.45, 7) is -2.91. The van der Waals surface area contributed by atoms with Crippen molar-refractivity contribution in [3.8, 4) is 5.75 Å². The minimum absolute atomic E-state index is 0.272. The largest absolute Gasteiger partial charge is 0.753 e. The van der Waals surface area contributed by atoms with Gasteiger partial charge in [-0.1, -0.05) is 0 Å². The predicted octanol–water partition coefficient (Wildman–Crippen LogP) is 5.37. The van der Waals surface area contributed by atoms with Gasteiger partial charge >= 0.3 is 12.1 Å². The number of rotatable bonds is 8. The van der Waals surface area contributed by atoms with Crippen molar-refractivity contribution in [3.63, 3.8) is 0 Å². The summed E-state index contributed by atoms with van der Waals surface area (Å²) in [5, 5.41) is 13.9. The van der Waals surface area contributed by atoms with Gasteiger partial charge in [0, 0.05) is 11.6 Å². The molecule has 0 aliphatic rings. The lowest BCUT2D eigenvalue weighted by Gasteiger charge is -2.34. The number of aliphatic hydroxyl groups is 1. The summed E-state index contributed by atoms with van der Waals surface area (Å²) >= 11 is -1.82. The first-order chi connectivity index (χ1) is 13.9. The van der Waals surface area contributed by atoms with E-state index >= 15 is 8.78 Å². The van der Waals surface area contributed by atoms with E-state index in [0.717, 1.165) is 6.07 Å². The first-order valence-corrected chi connectivity index (χ1v) is 9.70. The predicted molar refractivity (Wildman–Crippen MR) is 97.0 cm³/mol. The third kappa shape index (κ3) is 5.47. The Kier molecular flexibility index (Phi) is 7.44. The Labute approximate surface area is 175 Å². The molecule has 0 saturated carbocycles. The van der Waals surface area contributed by atoms with Gasteiger partial charge < -0.3 is 13.4 Å². The third-order valence-corrected chi connectivity index (χ3v) is 4.24. The van der Waals surface area contributed by atoms with Crippen LogP contribution in [-0.2, 0) is 11.5 Å². The van der Waals surface area contributed by atoms with E-state index in [0.29, 0.717) is 24.4 Å². The quantitative estimate of drug-likeness (QED) is 0.272. The number of pyridine rings is 1. The van der Waals surface area contributed by atoms with Crippen LogP contribution in [-0.4, -0.2) is 29.4 Å². The topological polar surface area (TPSA) is 89.4 Å². The second-order valence-corrected chi connectivity index (χ2v) is 6.66. The highest BCUT2D eigenvalue weighted by molar-refractivity contribution is 14.2. The molecule has 0 bridgehead atoms. The molecule has 30 heavy (non-hydrogen) atoms. The molecule has 0 spiro atoms. The Morgan fingerprint density at radius 3 is 2.33 bits per heavy atom. The van der Waals surface area contributed by atoms with E-state index in [1.54, 1.807) is 0 Å². The molecule has 14 heteroatoms. The summed E-state index contributed by atoms with van der Waals surface area (Å²) in [4.78, 5) is 3.30. The second-order valence-electron chi connectivity index (χ2n) is 5.79. The van der Waals surface area contributed by atoms with Crippen molar-refractivity contribution in [2.45, 2.75) is 17.7 Å². The van der Waals surface area contributed by atoms with E-state index in [1.165, 1.54) is 0 Å². The molecule has 0 radical (unpaired) electrons. The summed E-state index contributed by atoms with van der Waals surface area (Å²) < 4.78 is 110. The number of benzene rings is 1. The number of aromatic nitrogens is 1. The van der Waals surface area contributed by atoms with Crippen molar-refractivity contribution in [2.75, 3.05) is 13.2 Å². The van der Waals surface area contributed by atoms with Crippen LogP contribution in [0.25, 0.3) is 3.56 Å². The van der Waals surface area contributed by atoms with Crippen molar-refractivity contribution in [2.24, 2.45) is 8.44 Å². The highest BCUT2D eigenvalue weighted by atomic mass is 127. The molecular formula is C16H11F7IN4O2-. The van der Waals surface area contributed by atoms with E-state index in [9.17, 15) is 27.1 Å². The van der Waals surface area contributed by atoms with Crippen LogP contribution in [0.1, 0.15) is 11.3 Å². The highest BCUT2D eigenvalue weighted by Gasteiger charge is 2.57. The molecule has 1 unspecified atom stereocenters. The zero-order valence-electron chi connectivity index (χ0n) is 14.5. The first kappa shape index (κ1) is 24.0. The summed E-state index contributed by atoms with van der Waals surface area (Å²) in [6, 6.07) is 2.83. The minimum Gasteiger partial charge on any atom is -0.753 e. The maximum absolute atomic E-state index is 15.2. The number of nitrogens with zero attached hydrogens (tertiary/aromatic N) is 4. The molecule has 1 atom stereocenters. The Bertz CT molecular complexity index is 925. The summed E-state index contributed by atoms with van der Waals surface area (Å²) in [5.41, 5.74) is -5.58. The molecule has 0 saturated heterocycles. The SMILES string of the molecule is [N-]=IN=NCC(O)(c1ccc(F)cc1F)C(F)(F)c1ccc(OCC(F)(F)F)cn1. The Morgan fingerprint density at radius 2 is 1.80 bits per heavy atom. The monoisotopic (exact) mass is 551 g/mol. The maximum atomic E-state index is 15.2. The standard InChI is InChI=1S/C16H11F7IN4O2/c17-9-1-3-11(12(18)5-9)14(29,7-27-28-24-25)16(22,23)13-4-2-10(6-26-13)30-8-15(19,20)21/h1-6,29H,7-8H2/q-1. The molecule has 0 aliphatic heterocycles. The second kappa shape index (κ2) is 9.28. The lowest BCUT2D eigenvalue weighted by atomic mass is 9.85. The van der Waals surface area contributed by atoms with Gasteiger partial charge in [0.25, 0.3) is 0 Å². The van der Waals surface area contributed by atoms with Crippen LogP contribution in [0.2, 0.25) is 0 Å². The lowest BCUT2D eigenvalue weighted by molar-refractivity contribution is -0.193. The average molecular weight is 551 g/mol. The third-order valence-electron chi connectivity index (χ3n) is 3.74. The first-order valence-electron chi connectivity index (χ1n) is 7.77. The van der Waals surface area contributed by atoms with Crippen LogP contribution in [0, 0.1) is 11.6 Å². The molecule has 2 aromatic rings. The molecular weight excluding hydrogens is 540 g/mol. The number of ether oxygens (including phenoxy) is 1. The van der Waals surface area contributed by atoms with Crippen LogP contribution in [0.4, 0.5) is 30.7 Å². The van der Waals surface area contributed by atoms with Crippen LogP contribution in [0.3, 0.4) is 0 Å². The molecule has 2 rings (SSSR count). The van der Waals surface area contributed by atoms with Crippen molar-refractivity contribution in [3.05, 3.63) is 63.0 Å². The molecule has 1 N–H and O–H groups in total. The maximum Gasteiger partial charge on any atom is 0.422 e. The molecule has 164 valence electrons. The molecule has 1 heterocycles. The Morgan fingerprint density at radius 1 is 1.10 bits per heavy atom. The van der Waals surface area contributed by atoms with Crippen molar-refractivity contribution >= 4 is 21.3 Å². The number of hydrogen-bond donors (Lipinski definition) is 1. The zero-order chi connectivity index (χ0) is 22.6. The van der Waals surface area contributed by atoms with Gasteiger partial charge in [0.15, 0.2) is 12.2 Å². The van der Waals surface area contributed by atoms with Gasteiger partial charge in [-0.15, -0.1) is 21.3 Å². The molecule has 1 aromatic carbocycles. The van der Waals surface area contributed by atoms with Crippen LogP contribution < -0.4 is 4.74 Å². The molecule has 0 amide bonds. The van der Waals surface area contributed by atoms with Crippen molar-refractivity contribution < 1.29 is 40.6 Å².